The predicted molar refractivity (Wildman–Crippen MR) is 107 cm³/mol. The molecule has 2 amide bonds. The summed E-state index contributed by atoms with van der Waals surface area (Å²) in [7, 11) is 0. The Hall–Kier alpha value is -2.04. The lowest BCUT2D eigenvalue weighted by Gasteiger charge is -2.27. The van der Waals surface area contributed by atoms with E-state index in [1.54, 1.807) is 0 Å². The van der Waals surface area contributed by atoms with E-state index in [0.29, 0.717) is 31.3 Å². The molecule has 0 radical (unpaired) electrons. The number of amides is 2. The van der Waals surface area contributed by atoms with Crippen LogP contribution in [0.4, 0.5) is 5.69 Å². The van der Waals surface area contributed by atoms with Crippen molar-refractivity contribution in [3.05, 3.63) is 23.8 Å². The molecule has 5 nitrogen and oxygen atoms in total. The molecule has 27 heavy (non-hydrogen) atoms. The zero-order chi connectivity index (χ0) is 19.2. The van der Waals surface area contributed by atoms with Crippen molar-refractivity contribution in [2.75, 3.05) is 18.5 Å². The van der Waals surface area contributed by atoms with Crippen molar-refractivity contribution in [1.29, 1.82) is 0 Å². The molecule has 0 unspecified atom stereocenters. The van der Waals surface area contributed by atoms with Gasteiger partial charge in [0.1, 0.15) is 12.4 Å². The van der Waals surface area contributed by atoms with E-state index in [0.717, 1.165) is 23.5 Å². The van der Waals surface area contributed by atoms with Gasteiger partial charge >= 0.3 is 0 Å². The van der Waals surface area contributed by atoms with Crippen LogP contribution in [0, 0.1) is 17.8 Å². The summed E-state index contributed by atoms with van der Waals surface area (Å²) in [5.41, 5.74) is 1.76. The number of benzene rings is 1. The number of rotatable bonds is 6. The first kappa shape index (κ1) is 19.7. The molecule has 1 aliphatic carbocycles. The van der Waals surface area contributed by atoms with Crippen LogP contribution >= 0.6 is 0 Å². The molecule has 1 aromatic carbocycles. The van der Waals surface area contributed by atoms with Gasteiger partial charge in [-0.3, -0.25) is 9.59 Å². The van der Waals surface area contributed by atoms with Gasteiger partial charge in [0.05, 0.1) is 5.92 Å². The van der Waals surface area contributed by atoms with Crippen molar-refractivity contribution in [3.63, 3.8) is 0 Å². The molecule has 2 N–H and O–H groups in total. The van der Waals surface area contributed by atoms with Gasteiger partial charge in [0.2, 0.25) is 11.8 Å². The van der Waals surface area contributed by atoms with Gasteiger partial charge in [-0.15, -0.1) is 0 Å². The molecule has 1 fully saturated rings. The highest BCUT2D eigenvalue weighted by atomic mass is 16.5. The Kier molecular flexibility index (Phi) is 6.75. The zero-order valence-corrected chi connectivity index (χ0v) is 16.6. The molecule has 3 rings (SSSR count). The Balaban J connectivity index is 1.55. The van der Waals surface area contributed by atoms with E-state index in [2.05, 4.69) is 10.6 Å². The SMILES string of the molecule is CC(C)CC(=O)Nc1ccc2c(c1)C[C@@H](C(=O)NCC1CCCCC1)CO2. The third-order valence-electron chi connectivity index (χ3n) is 5.50. The number of carbonyl (C=O) groups excluding carboxylic acids is 2. The van der Waals surface area contributed by atoms with Gasteiger partial charge in [-0.1, -0.05) is 33.1 Å². The van der Waals surface area contributed by atoms with Crippen LogP contribution in [-0.2, 0) is 16.0 Å². The number of ether oxygens (including phenoxy) is 1. The van der Waals surface area contributed by atoms with Crippen molar-refractivity contribution in [3.8, 4) is 5.75 Å². The van der Waals surface area contributed by atoms with E-state index < -0.39 is 0 Å². The third-order valence-corrected chi connectivity index (χ3v) is 5.50. The lowest BCUT2D eigenvalue weighted by Crippen LogP contribution is -2.39. The minimum atomic E-state index is -0.164. The maximum Gasteiger partial charge on any atom is 0.226 e. The molecule has 148 valence electrons. The maximum atomic E-state index is 12.6. The van der Waals surface area contributed by atoms with E-state index >= 15 is 0 Å². The second-order valence-corrected chi connectivity index (χ2v) is 8.43. The number of hydrogen-bond acceptors (Lipinski definition) is 3. The Morgan fingerprint density at radius 3 is 2.70 bits per heavy atom. The van der Waals surface area contributed by atoms with Gasteiger partial charge in [0.15, 0.2) is 0 Å². The van der Waals surface area contributed by atoms with Crippen LogP contribution < -0.4 is 15.4 Å². The summed E-state index contributed by atoms with van der Waals surface area (Å²) in [6.07, 6.45) is 7.50. The summed E-state index contributed by atoms with van der Waals surface area (Å²) >= 11 is 0. The van der Waals surface area contributed by atoms with E-state index in [1.165, 1.54) is 32.1 Å². The molecule has 1 saturated carbocycles. The Morgan fingerprint density at radius 1 is 1.19 bits per heavy atom. The van der Waals surface area contributed by atoms with Crippen molar-refractivity contribution in [2.45, 2.75) is 58.8 Å². The summed E-state index contributed by atoms with van der Waals surface area (Å²) in [4.78, 5) is 24.6. The first-order chi connectivity index (χ1) is 13.0. The molecule has 0 bridgehead atoms. The molecule has 5 heteroatoms. The number of nitrogens with one attached hydrogen (secondary N) is 2. The van der Waals surface area contributed by atoms with E-state index in [1.807, 2.05) is 32.0 Å². The molecule has 1 aliphatic heterocycles. The first-order valence-electron chi connectivity index (χ1n) is 10.3. The maximum absolute atomic E-state index is 12.6. The van der Waals surface area contributed by atoms with Crippen molar-refractivity contribution >= 4 is 17.5 Å². The molecule has 1 heterocycles. The number of carbonyl (C=O) groups is 2. The highest BCUT2D eigenvalue weighted by Crippen LogP contribution is 2.30. The zero-order valence-electron chi connectivity index (χ0n) is 16.6. The van der Waals surface area contributed by atoms with Crippen LogP contribution in [0.25, 0.3) is 0 Å². The lowest BCUT2D eigenvalue weighted by molar-refractivity contribution is -0.126. The topological polar surface area (TPSA) is 67.4 Å². The highest BCUT2D eigenvalue weighted by molar-refractivity contribution is 5.91. The molecule has 0 aromatic heterocycles. The fourth-order valence-corrected chi connectivity index (χ4v) is 4.00. The molecular formula is C22H32N2O3. The molecular weight excluding hydrogens is 340 g/mol. The van der Waals surface area contributed by atoms with E-state index in [4.69, 9.17) is 4.74 Å². The van der Waals surface area contributed by atoms with E-state index in [-0.39, 0.29) is 17.7 Å². The van der Waals surface area contributed by atoms with Crippen LogP contribution in [0.1, 0.15) is 57.9 Å². The first-order valence-corrected chi connectivity index (χ1v) is 10.3. The Morgan fingerprint density at radius 2 is 1.96 bits per heavy atom. The fraction of sp³-hybridized carbons (Fsp3) is 0.636. The van der Waals surface area contributed by atoms with Crippen LogP contribution in [0.2, 0.25) is 0 Å². The number of hydrogen-bond donors (Lipinski definition) is 2. The predicted octanol–water partition coefficient (Wildman–Crippen LogP) is 3.92. The van der Waals surface area contributed by atoms with Gasteiger partial charge in [-0.2, -0.15) is 0 Å². The van der Waals surface area contributed by atoms with E-state index in [9.17, 15) is 9.59 Å². The Labute approximate surface area is 162 Å². The van der Waals surface area contributed by atoms with Crippen LogP contribution in [0.5, 0.6) is 5.75 Å². The summed E-state index contributed by atoms with van der Waals surface area (Å²) in [6.45, 7) is 5.25. The van der Waals surface area contributed by atoms with Crippen LogP contribution in [-0.4, -0.2) is 25.0 Å². The second-order valence-electron chi connectivity index (χ2n) is 8.43. The smallest absolute Gasteiger partial charge is 0.226 e. The van der Waals surface area contributed by atoms with Gasteiger partial charge in [0, 0.05) is 18.7 Å². The molecule has 1 aromatic rings. The summed E-state index contributed by atoms with van der Waals surface area (Å²) in [5, 5.41) is 6.07. The second kappa shape index (κ2) is 9.25. The van der Waals surface area contributed by atoms with Crippen LogP contribution in [0.3, 0.4) is 0 Å². The van der Waals surface area contributed by atoms with Crippen LogP contribution in [0.15, 0.2) is 18.2 Å². The van der Waals surface area contributed by atoms with Gasteiger partial charge in [0.25, 0.3) is 0 Å². The normalized spacial score (nSPS) is 19.9. The molecule has 2 aliphatic rings. The largest absolute Gasteiger partial charge is 0.492 e. The van der Waals surface area contributed by atoms with Gasteiger partial charge in [-0.05, 0) is 54.9 Å². The Bertz CT molecular complexity index is 666. The standard InChI is InChI=1S/C22H32N2O3/c1-15(2)10-21(25)24-19-8-9-20-17(12-19)11-18(14-27-20)22(26)23-13-16-6-4-3-5-7-16/h8-9,12,15-16,18H,3-7,10-11,13-14H2,1-2H3,(H,23,26)(H,24,25)/t18-/m1/s1. The number of anilines is 1. The summed E-state index contributed by atoms with van der Waals surface area (Å²) in [5.74, 6) is 1.70. The monoisotopic (exact) mass is 372 g/mol. The minimum absolute atomic E-state index is 0.0171. The van der Waals surface area contributed by atoms with Crippen molar-refractivity contribution in [1.82, 2.24) is 5.32 Å². The average Bonchev–Trinajstić information content (AvgIpc) is 2.65. The van der Waals surface area contributed by atoms with Crippen molar-refractivity contribution in [2.24, 2.45) is 17.8 Å². The molecule has 0 spiro atoms. The van der Waals surface area contributed by atoms with Gasteiger partial charge < -0.3 is 15.4 Å². The third kappa shape index (κ3) is 5.72. The quantitative estimate of drug-likeness (QED) is 0.795. The summed E-state index contributed by atoms with van der Waals surface area (Å²) < 4.78 is 5.80. The number of fused-ring (bicyclic) bond motifs is 1. The fourth-order valence-electron chi connectivity index (χ4n) is 4.00. The average molecular weight is 373 g/mol. The summed E-state index contributed by atoms with van der Waals surface area (Å²) in [6, 6.07) is 5.69. The highest BCUT2D eigenvalue weighted by Gasteiger charge is 2.27. The molecule has 0 saturated heterocycles. The van der Waals surface area contributed by atoms with Crippen molar-refractivity contribution < 1.29 is 14.3 Å². The van der Waals surface area contributed by atoms with Gasteiger partial charge in [-0.25, -0.2) is 0 Å². The minimum Gasteiger partial charge on any atom is -0.492 e. The molecule has 1 atom stereocenters. The lowest BCUT2D eigenvalue weighted by atomic mass is 9.89.